The van der Waals surface area contributed by atoms with Gasteiger partial charge in [0.1, 0.15) is 5.60 Å². The lowest BCUT2D eigenvalue weighted by molar-refractivity contribution is 0.0527. The largest absolute Gasteiger partial charge is 0.444 e. The van der Waals surface area contributed by atoms with Gasteiger partial charge in [0, 0.05) is 33.2 Å². The van der Waals surface area contributed by atoms with Crippen LogP contribution in [0.25, 0.3) is 0 Å². The average molecular weight is 432 g/mol. The van der Waals surface area contributed by atoms with Gasteiger partial charge < -0.3 is 20.7 Å². The van der Waals surface area contributed by atoms with Crippen LogP contribution in [0.3, 0.4) is 0 Å². The number of nitrogens with zero attached hydrogens (tertiary/aromatic N) is 2. The fourth-order valence-electron chi connectivity index (χ4n) is 3.56. The molecule has 1 saturated heterocycles. The highest BCUT2D eigenvalue weighted by atomic mass is 16.6. The summed E-state index contributed by atoms with van der Waals surface area (Å²) in [5, 5.41) is 9.53. The summed E-state index contributed by atoms with van der Waals surface area (Å²) in [5.74, 6) is 1.49. The van der Waals surface area contributed by atoms with Crippen LogP contribution >= 0.6 is 0 Å². The highest BCUT2D eigenvalue weighted by Gasteiger charge is 2.19. The second-order valence-electron chi connectivity index (χ2n) is 9.37. The normalized spacial score (nSPS) is 16.1. The van der Waals surface area contributed by atoms with Gasteiger partial charge >= 0.3 is 6.09 Å². The van der Waals surface area contributed by atoms with Crippen molar-refractivity contribution in [3.8, 4) is 0 Å². The first-order valence-corrected chi connectivity index (χ1v) is 11.4. The van der Waals surface area contributed by atoms with Gasteiger partial charge in [0.25, 0.3) is 0 Å². The van der Waals surface area contributed by atoms with E-state index in [0.29, 0.717) is 12.5 Å². The molecule has 2 rings (SSSR count). The molecule has 1 amide bonds. The molecule has 3 N–H and O–H groups in total. The van der Waals surface area contributed by atoms with Gasteiger partial charge in [-0.2, -0.15) is 0 Å². The fourth-order valence-corrected chi connectivity index (χ4v) is 3.56. The number of carbonyl (C=O) groups is 1. The number of likely N-dealkylation sites (tertiary alicyclic amines) is 1. The maximum Gasteiger partial charge on any atom is 0.407 e. The molecule has 0 atom stereocenters. The van der Waals surface area contributed by atoms with Crippen molar-refractivity contribution in [1.29, 1.82) is 0 Å². The number of piperidine rings is 1. The Bertz CT molecular complexity index is 689. The van der Waals surface area contributed by atoms with E-state index in [-0.39, 0.29) is 6.09 Å². The summed E-state index contributed by atoms with van der Waals surface area (Å²) in [4.78, 5) is 18.5. The molecular weight excluding hydrogens is 390 g/mol. The molecule has 0 aliphatic carbocycles. The third-order valence-electron chi connectivity index (χ3n) is 5.33. The molecule has 1 aromatic carbocycles. The summed E-state index contributed by atoms with van der Waals surface area (Å²) in [6.07, 6.45) is 2.84. The fraction of sp³-hybridized carbons (Fsp3) is 0.667. The van der Waals surface area contributed by atoms with Crippen LogP contribution in [0.15, 0.2) is 29.3 Å². The molecule has 0 saturated carbocycles. The Morgan fingerprint density at radius 3 is 2.35 bits per heavy atom. The molecule has 1 aliphatic heterocycles. The second-order valence-corrected chi connectivity index (χ2v) is 9.37. The molecule has 1 aromatic rings. The second kappa shape index (κ2) is 12.5. The average Bonchev–Trinajstić information content (AvgIpc) is 2.71. The first-order chi connectivity index (χ1) is 14.7. The van der Waals surface area contributed by atoms with Crippen molar-refractivity contribution < 1.29 is 9.53 Å². The molecule has 0 unspecified atom stereocenters. The maximum atomic E-state index is 11.6. The van der Waals surface area contributed by atoms with E-state index in [1.165, 1.54) is 24.0 Å². The number of alkyl carbamates (subject to hydrolysis) is 1. The van der Waals surface area contributed by atoms with E-state index in [4.69, 9.17) is 4.74 Å². The molecule has 0 radical (unpaired) electrons. The third-order valence-corrected chi connectivity index (χ3v) is 5.33. The quantitative estimate of drug-likeness (QED) is 0.334. The molecule has 0 aromatic heterocycles. The predicted octanol–water partition coefficient (Wildman–Crippen LogP) is 3.29. The van der Waals surface area contributed by atoms with E-state index >= 15 is 0 Å². The summed E-state index contributed by atoms with van der Waals surface area (Å²) in [6, 6.07) is 8.86. The molecule has 1 aliphatic rings. The number of hydrogen-bond acceptors (Lipinski definition) is 4. The highest BCUT2D eigenvalue weighted by Crippen LogP contribution is 2.18. The SMILES string of the molecule is CN=C(NCCCNC(=O)OC(C)(C)C)NCC1CCN(Cc2ccc(C)cc2)CC1. The Balaban J connectivity index is 1.56. The van der Waals surface area contributed by atoms with E-state index in [1.807, 2.05) is 20.8 Å². The van der Waals surface area contributed by atoms with Gasteiger partial charge in [0.05, 0.1) is 0 Å². The summed E-state index contributed by atoms with van der Waals surface area (Å²) < 4.78 is 5.23. The van der Waals surface area contributed by atoms with Crippen LogP contribution in [-0.2, 0) is 11.3 Å². The Kier molecular flexibility index (Phi) is 10.1. The topological polar surface area (TPSA) is 78.0 Å². The Hall–Kier alpha value is -2.28. The number of benzene rings is 1. The van der Waals surface area contributed by atoms with E-state index in [2.05, 4.69) is 57.0 Å². The van der Waals surface area contributed by atoms with Crippen molar-refractivity contribution in [3.63, 3.8) is 0 Å². The number of rotatable bonds is 8. The zero-order chi connectivity index (χ0) is 22.7. The first-order valence-electron chi connectivity index (χ1n) is 11.4. The van der Waals surface area contributed by atoms with E-state index in [9.17, 15) is 4.79 Å². The van der Waals surface area contributed by atoms with Crippen LogP contribution in [0.4, 0.5) is 4.79 Å². The van der Waals surface area contributed by atoms with Crippen LogP contribution in [0.1, 0.15) is 51.2 Å². The third kappa shape index (κ3) is 10.5. The van der Waals surface area contributed by atoms with Crippen LogP contribution < -0.4 is 16.0 Å². The molecule has 1 heterocycles. The van der Waals surface area contributed by atoms with Crippen molar-refractivity contribution in [1.82, 2.24) is 20.9 Å². The lowest BCUT2D eigenvalue weighted by Gasteiger charge is -2.32. The minimum absolute atomic E-state index is 0.372. The highest BCUT2D eigenvalue weighted by molar-refractivity contribution is 5.79. The number of carbonyl (C=O) groups excluding carboxylic acids is 1. The van der Waals surface area contributed by atoms with E-state index < -0.39 is 5.60 Å². The Morgan fingerprint density at radius 1 is 1.10 bits per heavy atom. The maximum absolute atomic E-state index is 11.6. The number of nitrogens with one attached hydrogen (secondary N) is 3. The lowest BCUT2D eigenvalue weighted by Crippen LogP contribution is -2.43. The van der Waals surface area contributed by atoms with Gasteiger partial charge in [0.15, 0.2) is 5.96 Å². The summed E-state index contributed by atoms with van der Waals surface area (Å²) >= 11 is 0. The number of amides is 1. The Labute approximate surface area is 188 Å². The van der Waals surface area contributed by atoms with Crippen LogP contribution in [0, 0.1) is 12.8 Å². The van der Waals surface area contributed by atoms with Gasteiger partial charge in [-0.3, -0.25) is 9.89 Å². The van der Waals surface area contributed by atoms with E-state index in [1.54, 1.807) is 7.05 Å². The molecule has 0 spiro atoms. The molecule has 1 fully saturated rings. The molecule has 7 heteroatoms. The minimum Gasteiger partial charge on any atom is -0.444 e. The smallest absolute Gasteiger partial charge is 0.407 e. The van der Waals surface area contributed by atoms with Crippen molar-refractivity contribution in [2.75, 3.05) is 39.8 Å². The number of aryl methyl sites for hydroxylation is 1. The molecular formula is C24H41N5O2. The summed E-state index contributed by atoms with van der Waals surface area (Å²) in [5.41, 5.74) is 2.24. The van der Waals surface area contributed by atoms with Crippen LogP contribution in [-0.4, -0.2) is 62.3 Å². The van der Waals surface area contributed by atoms with Crippen LogP contribution in [0.2, 0.25) is 0 Å². The van der Waals surface area contributed by atoms with Crippen molar-refractivity contribution in [2.24, 2.45) is 10.9 Å². The lowest BCUT2D eigenvalue weighted by atomic mass is 9.96. The van der Waals surface area contributed by atoms with Crippen molar-refractivity contribution in [2.45, 2.75) is 59.1 Å². The first kappa shape index (κ1) is 25.0. The summed E-state index contributed by atoms with van der Waals surface area (Å²) in [6.45, 7) is 13.3. The van der Waals surface area contributed by atoms with Gasteiger partial charge in [-0.15, -0.1) is 0 Å². The van der Waals surface area contributed by atoms with Crippen molar-refractivity contribution >= 4 is 12.1 Å². The van der Waals surface area contributed by atoms with Crippen LogP contribution in [0.5, 0.6) is 0 Å². The minimum atomic E-state index is -0.467. The van der Waals surface area contributed by atoms with Gasteiger partial charge in [0.2, 0.25) is 0 Å². The van der Waals surface area contributed by atoms with Crippen molar-refractivity contribution in [3.05, 3.63) is 35.4 Å². The molecule has 174 valence electrons. The molecule has 31 heavy (non-hydrogen) atoms. The zero-order valence-corrected chi connectivity index (χ0v) is 20.0. The number of guanidine groups is 1. The monoisotopic (exact) mass is 431 g/mol. The Morgan fingerprint density at radius 2 is 1.74 bits per heavy atom. The van der Waals surface area contributed by atoms with Gasteiger partial charge in [-0.1, -0.05) is 29.8 Å². The van der Waals surface area contributed by atoms with Gasteiger partial charge in [-0.05, 0) is 71.5 Å². The number of hydrogen-bond donors (Lipinski definition) is 3. The van der Waals surface area contributed by atoms with Gasteiger partial charge in [-0.25, -0.2) is 4.79 Å². The predicted molar refractivity (Wildman–Crippen MR) is 127 cm³/mol. The number of aliphatic imine (C=N–C) groups is 1. The standard InChI is InChI=1S/C24H41N5O2/c1-19-7-9-21(10-8-19)18-29-15-11-20(12-16-29)17-28-22(25-5)26-13-6-14-27-23(30)31-24(2,3)4/h7-10,20H,6,11-18H2,1-5H3,(H,27,30)(H2,25,26,28). The molecule has 7 nitrogen and oxygen atoms in total. The zero-order valence-electron chi connectivity index (χ0n) is 20.0. The number of ether oxygens (including phenoxy) is 1. The summed E-state index contributed by atoms with van der Waals surface area (Å²) in [7, 11) is 1.79. The van der Waals surface area contributed by atoms with E-state index in [0.717, 1.165) is 45.1 Å². The molecule has 0 bridgehead atoms.